The van der Waals surface area contributed by atoms with Crippen molar-refractivity contribution in [2.24, 2.45) is 0 Å². The number of likely N-dealkylation sites (N-methyl/N-ethyl adjacent to an activating group) is 1. The van der Waals surface area contributed by atoms with Crippen molar-refractivity contribution in [1.82, 2.24) is 4.90 Å². The number of anilines is 1. The van der Waals surface area contributed by atoms with E-state index in [1.54, 1.807) is 0 Å². The largest absolute Gasteiger partial charge is 0.369 e. The number of piperazine rings is 1. The summed E-state index contributed by atoms with van der Waals surface area (Å²) in [7, 11) is -1.25. The third kappa shape index (κ3) is 4.49. The van der Waals surface area contributed by atoms with E-state index < -0.39 is 10.1 Å². The van der Waals surface area contributed by atoms with Crippen LogP contribution < -0.4 is 4.90 Å². The van der Waals surface area contributed by atoms with Crippen molar-refractivity contribution in [2.45, 2.75) is 6.61 Å². The average Bonchev–Trinajstić information content (AvgIpc) is 2.37. The zero-order valence-corrected chi connectivity index (χ0v) is 12.2. The SMILES string of the molecule is CN1CCN(c2ccc(COS(C)(=O)=O)cc2)CC1. The lowest BCUT2D eigenvalue weighted by atomic mass is 10.2. The highest BCUT2D eigenvalue weighted by molar-refractivity contribution is 7.85. The summed E-state index contributed by atoms with van der Waals surface area (Å²) in [6.45, 7) is 4.28. The minimum atomic E-state index is -3.37. The van der Waals surface area contributed by atoms with Gasteiger partial charge in [-0.3, -0.25) is 4.18 Å². The quantitative estimate of drug-likeness (QED) is 0.769. The van der Waals surface area contributed by atoms with Gasteiger partial charge in [0, 0.05) is 31.9 Å². The van der Waals surface area contributed by atoms with Crippen LogP contribution in [-0.4, -0.2) is 52.8 Å². The normalized spacial score (nSPS) is 17.7. The maximum atomic E-state index is 10.9. The second-order valence-corrected chi connectivity index (χ2v) is 6.57. The molecule has 0 saturated carbocycles. The third-order valence-corrected chi connectivity index (χ3v) is 3.79. The third-order valence-electron chi connectivity index (χ3n) is 3.24. The van der Waals surface area contributed by atoms with Crippen LogP contribution in [0.15, 0.2) is 24.3 Å². The van der Waals surface area contributed by atoms with Crippen LogP contribution in [0.5, 0.6) is 0 Å². The van der Waals surface area contributed by atoms with Gasteiger partial charge in [-0.05, 0) is 24.7 Å². The Bertz CT molecular complexity index is 505. The van der Waals surface area contributed by atoms with E-state index in [1.165, 1.54) is 5.69 Å². The first-order valence-electron chi connectivity index (χ1n) is 6.31. The molecule has 0 atom stereocenters. The van der Waals surface area contributed by atoms with Gasteiger partial charge in [-0.1, -0.05) is 12.1 Å². The predicted octanol–water partition coefficient (Wildman–Crippen LogP) is 0.915. The Kier molecular flexibility index (Phi) is 4.44. The summed E-state index contributed by atoms with van der Waals surface area (Å²) in [5.41, 5.74) is 2.04. The van der Waals surface area contributed by atoms with E-state index in [1.807, 2.05) is 24.3 Å². The molecule has 1 aliphatic heterocycles. The zero-order valence-electron chi connectivity index (χ0n) is 11.4. The van der Waals surface area contributed by atoms with Gasteiger partial charge >= 0.3 is 0 Å². The van der Waals surface area contributed by atoms with Crippen LogP contribution in [0, 0.1) is 0 Å². The van der Waals surface area contributed by atoms with Crippen molar-refractivity contribution >= 4 is 15.8 Å². The fourth-order valence-electron chi connectivity index (χ4n) is 2.04. The molecule has 0 aromatic heterocycles. The van der Waals surface area contributed by atoms with E-state index in [9.17, 15) is 8.42 Å². The fourth-order valence-corrected chi connectivity index (χ4v) is 2.39. The lowest BCUT2D eigenvalue weighted by Gasteiger charge is -2.34. The molecular formula is C13H20N2O3S. The van der Waals surface area contributed by atoms with E-state index in [0.29, 0.717) is 0 Å². The van der Waals surface area contributed by atoms with Crippen LogP contribution in [0.3, 0.4) is 0 Å². The van der Waals surface area contributed by atoms with Gasteiger partial charge in [0.15, 0.2) is 0 Å². The molecule has 0 unspecified atom stereocenters. The van der Waals surface area contributed by atoms with Crippen molar-refractivity contribution in [1.29, 1.82) is 0 Å². The Labute approximate surface area is 114 Å². The predicted molar refractivity (Wildman–Crippen MR) is 75.8 cm³/mol. The standard InChI is InChI=1S/C13H20N2O3S/c1-14-7-9-15(10-8-14)13-5-3-12(4-6-13)11-18-19(2,16)17/h3-6H,7-11H2,1-2H3. The number of hydrogen-bond acceptors (Lipinski definition) is 5. The lowest BCUT2D eigenvalue weighted by molar-refractivity contribution is 0.311. The van der Waals surface area contributed by atoms with Gasteiger partial charge in [0.2, 0.25) is 0 Å². The molecular weight excluding hydrogens is 264 g/mol. The molecule has 0 bridgehead atoms. The molecule has 106 valence electrons. The summed E-state index contributed by atoms with van der Waals surface area (Å²) in [5, 5.41) is 0. The molecule has 0 radical (unpaired) electrons. The molecule has 5 nitrogen and oxygen atoms in total. The molecule has 19 heavy (non-hydrogen) atoms. The van der Waals surface area contributed by atoms with Crippen LogP contribution in [0.25, 0.3) is 0 Å². The Morgan fingerprint density at radius 2 is 1.68 bits per heavy atom. The molecule has 6 heteroatoms. The van der Waals surface area contributed by atoms with Crippen LogP contribution in [0.2, 0.25) is 0 Å². The summed E-state index contributed by atoms with van der Waals surface area (Å²) >= 11 is 0. The molecule has 0 N–H and O–H groups in total. The highest BCUT2D eigenvalue weighted by atomic mass is 32.2. The summed E-state index contributed by atoms with van der Waals surface area (Å²) < 4.78 is 26.6. The fraction of sp³-hybridized carbons (Fsp3) is 0.538. The van der Waals surface area contributed by atoms with Crippen LogP contribution in [0.4, 0.5) is 5.69 Å². The Balaban J connectivity index is 1.94. The molecule has 1 aliphatic rings. The van der Waals surface area contributed by atoms with Gasteiger partial charge in [-0.25, -0.2) is 0 Å². The first-order valence-corrected chi connectivity index (χ1v) is 8.12. The first kappa shape index (κ1) is 14.3. The molecule has 2 rings (SSSR count). The summed E-state index contributed by atoms with van der Waals surface area (Å²) in [6.07, 6.45) is 1.06. The van der Waals surface area contributed by atoms with Crippen LogP contribution in [-0.2, 0) is 20.9 Å². The first-order chi connectivity index (χ1) is 8.94. The molecule has 0 amide bonds. The van der Waals surface area contributed by atoms with Crippen molar-refractivity contribution in [3.63, 3.8) is 0 Å². The van der Waals surface area contributed by atoms with Crippen LogP contribution >= 0.6 is 0 Å². The molecule has 1 saturated heterocycles. The van der Waals surface area contributed by atoms with Gasteiger partial charge in [0.25, 0.3) is 10.1 Å². The minimum Gasteiger partial charge on any atom is -0.369 e. The lowest BCUT2D eigenvalue weighted by Crippen LogP contribution is -2.44. The molecule has 0 spiro atoms. The number of rotatable bonds is 4. The topological polar surface area (TPSA) is 49.9 Å². The Hall–Kier alpha value is -1.11. The number of nitrogens with zero attached hydrogens (tertiary/aromatic N) is 2. The Morgan fingerprint density at radius 1 is 1.11 bits per heavy atom. The second kappa shape index (κ2) is 5.90. The summed E-state index contributed by atoms with van der Waals surface area (Å²) in [4.78, 5) is 4.64. The second-order valence-electron chi connectivity index (χ2n) is 4.92. The maximum Gasteiger partial charge on any atom is 0.264 e. The molecule has 1 aromatic carbocycles. The van der Waals surface area contributed by atoms with Crippen molar-refractivity contribution < 1.29 is 12.6 Å². The van der Waals surface area contributed by atoms with E-state index in [4.69, 9.17) is 4.18 Å². The minimum absolute atomic E-state index is 0.0991. The molecule has 1 fully saturated rings. The smallest absolute Gasteiger partial charge is 0.264 e. The van der Waals surface area contributed by atoms with Crippen molar-refractivity contribution in [3.8, 4) is 0 Å². The average molecular weight is 284 g/mol. The van der Waals surface area contributed by atoms with E-state index >= 15 is 0 Å². The monoisotopic (exact) mass is 284 g/mol. The number of hydrogen-bond donors (Lipinski definition) is 0. The van der Waals surface area contributed by atoms with Gasteiger partial charge < -0.3 is 9.80 Å². The Morgan fingerprint density at radius 3 is 2.21 bits per heavy atom. The van der Waals surface area contributed by atoms with Crippen LogP contribution in [0.1, 0.15) is 5.56 Å². The van der Waals surface area contributed by atoms with Gasteiger partial charge in [0.05, 0.1) is 12.9 Å². The molecule has 1 aromatic rings. The molecule has 0 aliphatic carbocycles. The summed E-state index contributed by atoms with van der Waals surface area (Å²) in [5.74, 6) is 0. The summed E-state index contributed by atoms with van der Waals surface area (Å²) in [6, 6.07) is 7.87. The van der Waals surface area contributed by atoms with E-state index in [2.05, 4.69) is 16.8 Å². The molecule has 1 heterocycles. The van der Waals surface area contributed by atoms with Crippen molar-refractivity contribution in [2.75, 3.05) is 44.4 Å². The van der Waals surface area contributed by atoms with Gasteiger partial charge in [-0.2, -0.15) is 8.42 Å². The van der Waals surface area contributed by atoms with Gasteiger partial charge in [0.1, 0.15) is 0 Å². The highest BCUT2D eigenvalue weighted by Gasteiger charge is 2.14. The van der Waals surface area contributed by atoms with E-state index in [0.717, 1.165) is 38.0 Å². The van der Waals surface area contributed by atoms with Gasteiger partial charge in [-0.15, -0.1) is 0 Å². The van der Waals surface area contributed by atoms with E-state index in [-0.39, 0.29) is 6.61 Å². The van der Waals surface area contributed by atoms with Crippen molar-refractivity contribution in [3.05, 3.63) is 29.8 Å². The maximum absolute atomic E-state index is 10.9. The zero-order chi connectivity index (χ0) is 13.9. The highest BCUT2D eigenvalue weighted by Crippen LogP contribution is 2.17. The number of benzene rings is 1.